The predicted molar refractivity (Wildman–Crippen MR) is 82.2 cm³/mol. The Hall–Kier alpha value is -1.04. The second-order valence-electron chi connectivity index (χ2n) is 6.14. The van der Waals surface area contributed by atoms with Crippen molar-refractivity contribution in [1.29, 1.82) is 0 Å². The Morgan fingerprint density at radius 1 is 1.24 bits per heavy atom. The zero-order valence-electron chi connectivity index (χ0n) is 13.4. The van der Waals surface area contributed by atoms with Crippen molar-refractivity contribution in [2.45, 2.75) is 52.3 Å². The SMILES string of the molecule is CCN1CCOC(c2nc(C)c(CNC3CC3)c(C)n2)C1. The van der Waals surface area contributed by atoms with Gasteiger partial charge in [0, 0.05) is 42.6 Å². The van der Waals surface area contributed by atoms with E-state index in [2.05, 4.69) is 31.0 Å². The van der Waals surface area contributed by atoms with Crippen LogP contribution in [-0.2, 0) is 11.3 Å². The van der Waals surface area contributed by atoms with E-state index in [1.54, 1.807) is 0 Å². The van der Waals surface area contributed by atoms with Gasteiger partial charge in [0.2, 0.25) is 0 Å². The molecule has 0 spiro atoms. The fourth-order valence-corrected chi connectivity index (χ4v) is 2.85. The van der Waals surface area contributed by atoms with Gasteiger partial charge >= 0.3 is 0 Å². The topological polar surface area (TPSA) is 50.3 Å². The molecule has 116 valence electrons. The van der Waals surface area contributed by atoms with Crippen LogP contribution < -0.4 is 5.32 Å². The number of aryl methyl sites for hydroxylation is 2. The van der Waals surface area contributed by atoms with Crippen LogP contribution in [0.2, 0.25) is 0 Å². The summed E-state index contributed by atoms with van der Waals surface area (Å²) in [6.45, 7) is 11.0. The van der Waals surface area contributed by atoms with Crippen LogP contribution >= 0.6 is 0 Å². The number of hydrogen-bond donors (Lipinski definition) is 1. The lowest BCUT2D eigenvalue weighted by Crippen LogP contribution is -2.38. The summed E-state index contributed by atoms with van der Waals surface area (Å²) < 4.78 is 5.87. The molecular formula is C16H26N4O. The largest absolute Gasteiger partial charge is 0.368 e. The number of ether oxygens (including phenoxy) is 1. The van der Waals surface area contributed by atoms with E-state index in [0.717, 1.165) is 50.0 Å². The molecule has 1 saturated carbocycles. The highest BCUT2D eigenvalue weighted by molar-refractivity contribution is 5.25. The predicted octanol–water partition coefficient (Wildman–Crippen LogP) is 1.74. The number of hydrogen-bond acceptors (Lipinski definition) is 5. The summed E-state index contributed by atoms with van der Waals surface area (Å²) in [6.07, 6.45) is 2.63. The highest BCUT2D eigenvalue weighted by Gasteiger charge is 2.25. The Bertz CT molecular complexity index is 478. The quantitative estimate of drug-likeness (QED) is 0.895. The van der Waals surface area contributed by atoms with Crippen molar-refractivity contribution >= 4 is 0 Å². The molecule has 5 nitrogen and oxygen atoms in total. The van der Waals surface area contributed by atoms with Crippen molar-refractivity contribution in [3.05, 3.63) is 22.8 Å². The Labute approximate surface area is 127 Å². The fraction of sp³-hybridized carbons (Fsp3) is 0.750. The number of likely N-dealkylation sites (N-methyl/N-ethyl adjacent to an activating group) is 1. The minimum atomic E-state index is 0.0153. The highest BCUT2D eigenvalue weighted by atomic mass is 16.5. The molecule has 1 aromatic rings. The van der Waals surface area contributed by atoms with Crippen molar-refractivity contribution in [2.75, 3.05) is 26.2 Å². The zero-order chi connectivity index (χ0) is 14.8. The molecule has 0 aromatic carbocycles. The number of nitrogens with one attached hydrogen (secondary N) is 1. The molecule has 21 heavy (non-hydrogen) atoms. The van der Waals surface area contributed by atoms with Gasteiger partial charge in [0.15, 0.2) is 5.82 Å². The van der Waals surface area contributed by atoms with Crippen LogP contribution in [0.3, 0.4) is 0 Å². The maximum atomic E-state index is 5.87. The van der Waals surface area contributed by atoms with Crippen molar-refractivity contribution in [2.24, 2.45) is 0 Å². The summed E-state index contributed by atoms with van der Waals surface area (Å²) in [5.41, 5.74) is 3.42. The highest BCUT2D eigenvalue weighted by Crippen LogP contribution is 2.23. The molecule has 1 saturated heterocycles. The van der Waals surface area contributed by atoms with Crippen molar-refractivity contribution in [3.8, 4) is 0 Å². The maximum absolute atomic E-state index is 5.87. The van der Waals surface area contributed by atoms with E-state index in [1.807, 2.05) is 0 Å². The van der Waals surface area contributed by atoms with Crippen LogP contribution in [0.4, 0.5) is 0 Å². The summed E-state index contributed by atoms with van der Waals surface area (Å²) in [6, 6.07) is 0.711. The number of morpholine rings is 1. The zero-order valence-corrected chi connectivity index (χ0v) is 13.4. The second-order valence-corrected chi connectivity index (χ2v) is 6.14. The second kappa shape index (κ2) is 6.38. The lowest BCUT2D eigenvalue weighted by molar-refractivity contribution is -0.0327. The molecule has 0 radical (unpaired) electrons. The van der Waals surface area contributed by atoms with Crippen LogP contribution in [0.15, 0.2) is 0 Å². The molecule has 5 heteroatoms. The van der Waals surface area contributed by atoms with Crippen molar-refractivity contribution < 1.29 is 4.74 Å². The van der Waals surface area contributed by atoms with Gasteiger partial charge in [-0.2, -0.15) is 0 Å². The van der Waals surface area contributed by atoms with E-state index in [0.29, 0.717) is 6.04 Å². The summed E-state index contributed by atoms with van der Waals surface area (Å²) in [5.74, 6) is 0.846. The molecular weight excluding hydrogens is 264 g/mol. The first-order chi connectivity index (χ1) is 10.2. The standard InChI is InChI=1S/C16H26N4O/c1-4-20-7-8-21-15(10-20)16-18-11(2)14(12(3)19-16)9-17-13-5-6-13/h13,15,17H,4-10H2,1-3H3. The fourth-order valence-electron chi connectivity index (χ4n) is 2.85. The molecule has 1 N–H and O–H groups in total. The Balaban J connectivity index is 1.73. The van der Waals surface area contributed by atoms with E-state index in [1.165, 1.54) is 18.4 Å². The van der Waals surface area contributed by atoms with Gasteiger partial charge in [-0.15, -0.1) is 0 Å². The molecule has 2 heterocycles. The van der Waals surface area contributed by atoms with Gasteiger partial charge in [0.25, 0.3) is 0 Å². The monoisotopic (exact) mass is 290 g/mol. The molecule has 2 aliphatic rings. The maximum Gasteiger partial charge on any atom is 0.158 e. The van der Waals surface area contributed by atoms with Crippen molar-refractivity contribution in [3.63, 3.8) is 0 Å². The van der Waals surface area contributed by atoms with Crippen LogP contribution in [0.1, 0.15) is 48.6 Å². The molecule has 3 rings (SSSR count). The smallest absolute Gasteiger partial charge is 0.158 e. The lowest BCUT2D eigenvalue weighted by atomic mass is 10.1. The Morgan fingerprint density at radius 2 is 1.95 bits per heavy atom. The van der Waals surface area contributed by atoms with Crippen LogP contribution in [0, 0.1) is 13.8 Å². The summed E-state index contributed by atoms with van der Waals surface area (Å²) in [7, 11) is 0. The summed E-state index contributed by atoms with van der Waals surface area (Å²) >= 11 is 0. The van der Waals surface area contributed by atoms with E-state index in [-0.39, 0.29) is 6.10 Å². The van der Waals surface area contributed by atoms with Gasteiger partial charge in [-0.3, -0.25) is 4.90 Å². The first kappa shape index (κ1) is 14.9. The molecule has 1 aromatic heterocycles. The lowest BCUT2D eigenvalue weighted by Gasteiger charge is -2.31. The van der Waals surface area contributed by atoms with Crippen LogP contribution in [0.5, 0.6) is 0 Å². The Kier molecular flexibility index (Phi) is 4.52. The third kappa shape index (κ3) is 3.59. The number of nitrogens with zero attached hydrogens (tertiary/aromatic N) is 3. The first-order valence-corrected chi connectivity index (χ1v) is 8.08. The summed E-state index contributed by atoms with van der Waals surface area (Å²) in [5, 5.41) is 3.55. The molecule has 1 aliphatic carbocycles. The molecule has 1 atom stereocenters. The molecule has 0 amide bonds. The van der Waals surface area contributed by atoms with E-state index in [4.69, 9.17) is 14.7 Å². The summed E-state index contributed by atoms with van der Waals surface area (Å²) in [4.78, 5) is 11.8. The minimum Gasteiger partial charge on any atom is -0.368 e. The minimum absolute atomic E-state index is 0.0153. The van der Waals surface area contributed by atoms with Crippen molar-refractivity contribution in [1.82, 2.24) is 20.2 Å². The van der Waals surface area contributed by atoms with Crippen LogP contribution in [0.25, 0.3) is 0 Å². The van der Waals surface area contributed by atoms with E-state index >= 15 is 0 Å². The van der Waals surface area contributed by atoms with Gasteiger partial charge in [-0.25, -0.2) is 9.97 Å². The number of aromatic nitrogens is 2. The van der Waals surface area contributed by atoms with E-state index < -0.39 is 0 Å². The average Bonchev–Trinajstić information content (AvgIpc) is 3.30. The van der Waals surface area contributed by atoms with Gasteiger partial charge in [0.05, 0.1) is 6.61 Å². The van der Waals surface area contributed by atoms with E-state index in [9.17, 15) is 0 Å². The molecule has 2 fully saturated rings. The molecule has 0 bridgehead atoms. The average molecular weight is 290 g/mol. The molecule has 1 unspecified atom stereocenters. The van der Waals surface area contributed by atoms with Crippen LogP contribution in [-0.4, -0.2) is 47.2 Å². The van der Waals surface area contributed by atoms with Gasteiger partial charge in [-0.05, 0) is 33.2 Å². The van der Waals surface area contributed by atoms with Gasteiger partial charge in [-0.1, -0.05) is 6.92 Å². The first-order valence-electron chi connectivity index (χ1n) is 8.08. The van der Waals surface area contributed by atoms with Gasteiger partial charge in [0.1, 0.15) is 6.10 Å². The normalized spacial score (nSPS) is 23.5. The van der Waals surface area contributed by atoms with Gasteiger partial charge < -0.3 is 10.1 Å². The number of rotatable bonds is 5. The third-order valence-electron chi connectivity index (χ3n) is 4.47. The Morgan fingerprint density at radius 3 is 2.57 bits per heavy atom. The third-order valence-corrected chi connectivity index (χ3v) is 4.47. The molecule has 1 aliphatic heterocycles.